The van der Waals surface area contributed by atoms with Gasteiger partial charge in [0.2, 0.25) is 0 Å². The normalized spacial score (nSPS) is 21.6. The summed E-state index contributed by atoms with van der Waals surface area (Å²) < 4.78 is 12.4. The summed E-state index contributed by atoms with van der Waals surface area (Å²) in [5.41, 5.74) is 3.13. The molecule has 8 heteroatoms. The third-order valence-corrected chi connectivity index (χ3v) is 7.81. The van der Waals surface area contributed by atoms with Gasteiger partial charge in [-0.05, 0) is 48.4 Å². The smallest absolute Gasteiger partial charge is 0.326 e. The fraction of sp³-hybridized carbons (Fsp3) is 0.355. The van der Waals surface area contributed by atoms with Gasteiger partial charge in [0.25, 0.3) is 5.91 Å². The molecule has 0 aromatic heterocycles. The van der Waals surface area contributed by atoms with Crippen LogP contribution in [0.25, 0.3) is 0 Å². The number of carboxylic acids is 1. The van der Waals surface area contributed by atoms with Crippen LogP contribution in [0.15, 0.2) is 72.8 Å². The molecule has 2 aliphatic rings. The Kier molecular flexibility index (Phi) is 8.50. The number of hydrogen-bond acceptors (Lipinski definition) is 5. The predicted molar refractivity (Wildman–Crippen MR) is 146 cm³/mol. The van der Waals surface area contributed by atoms with Crippen molar-refractivity contribution in [1.82, 2.24) is 4.90 Å². The quantitative estimate of drug-likeness (QED) is 0.395. The molecule has 7 nitrogen and oxygen atoms in total. The highest BCUT2D eigenvalue weighted by molar-refractivity contribution is 6.32. The van der Waals surface area contributed by atoms with Crippen LogP contribution in [0.3, 0.4) is 0 Å². The van der Waals surface area contributed by atoms with E-state index in [4.69, 9.17) is 21.1 Å². The first-order valence-corrected chi connectivity index (χ1v) is 13.7. The van der Waals surface area contributed by atoms with Crippen molar-refractivity contribution < 1.29 is 29.3 Å². The lowest BCUT2D eigenvalue weighted by Gasteiger charge is -2.38. The molecule has 2 atom stereocenters. The topological polar surface area (TPSA) is 96.3 Å². The molecule has 0 radical (unpaired) electrons. The minimum atomic E-state index is -1.11. The van der Waals surface area contributed by atoms with Gasteiger partial charge in [-0.3, -0.25) is 4.79 Å². The summed E-state index contributed by atoms with van der Waals surface area (Å²) in [4.78, 5) is 28.0. The molecular formula is C31H32ClNO6. The van der Waals surface area contributed by atoms with Crippen molar-refractivity contribution in [3.8, 4) is 5.75 Å². The minimum Gasteiger partial charge on any atom is -0.487 e. The first-order valence-electron chi connectivity index (χ1n) is 13.3. The summed E-state index contributed by atoms with van der Waals surface area (Å²) in [6.07, 6.45) is 1.08. The van der Waals surface area contributed by atoms with E-state index in [-0.39, 0.29) is 31.8 Å². The third kappa shape index (κ3) is 6.27. The van der Waals surface area contributed by atoms with E-state index >= 15 is 0 Å². The minimum absolute atomic E-state index is 0.0677. The summed E-state index contributed by atoms with van der Waals surface area (Å²) in [5.74, 6) is -1.05. The molecule has 0 saturated heterocycles. The van der Waals surface area contributed by atoms with E-state index in [1.165, 1.54) is 4.90 Å². The molecule has 3 aromatic rings. The SMILES string of the molecule is O=C(O)[C@@H]1Cc2c(ccc(Cl)c2OCc2ccccc2)CN1C(=O)[C@@H](OC1CCC(O)CC1)c1ccccc1. The van der Waals surface area contributed by atoms with Crippen LogP contribution in [0, 0.1) is 0 Å². The Hall–Kier alpha value is -3.39. The van der Waals surface area contributed by atoms with Gasteiger partial charge in [0, 0.05) is 18.5 Å². The summed E-state index contributed by atoms with van der Waals surface area (Å²) in [5, 5.41) is 20.5. The lowest BCUT2D eigenvalue weighted by atomic mass is 9.91. The average molecular weight is 550 g/mol. The number of fused-ring (bicyclic) bond motifs is 1. The summed E-state index contributed by atoms with van der Waals surface area (Å²) in [6.45, 7) is 0.386. The zero-order valence-corrected chi connectivity index (χ0v) is 22.3. The van der Waals surface area contributed by atoms with Crippen LogP contribution in [0.4, 0.5) is 0 Å². The number of nitrogens with zero attached hydrogens (tertiary/aromatic N) is 1. The lowest BCUT2D eigenvalue weighted by Crippen LogP contribution is -2.51. The number of aliphatic hydroxyl groups is 1. The largest absolute Gasteiger partial charge is 0.487 e. The molecule has 0 bridgehead atoms. The molecule has 1 fully saturated rings. The van der Waals surface area contributed by atoms with Crippen molar-refractivity contribution in [2.24, 2.45) is 0 Å². The van der Waals surface area contributed by atoms with E-state index in [0.29, 0.717) is 47.6 Å². The van der Waals surface area contributed by atoms with Crippen molar-refractivity contribution in [3.63, 3.8) is 0 Å². The number of benzene rings is 3. The van der Waals surface area contributed by atoms with Gasteiger partial charge < -0.3 is 24.6 Å². The highest BCUT2D eigenvalue weighted by Crippen LogP contribution is 2.39. The number of rotatable bonds is 8. The van der Waals surface area contributed by atoms with Gasteiger partial charge in [-0.25, -0.2) is 4.79 Å². The van der Waals surface area contributed by atoms with Crippen molar-refractivity contribution >= 4 is 23.5 Å². The zero-order chi connectivity index (χ0) is 27.4. The van der Waals surface area contributed by atoms with Crippen LogP contribution in [-0.4, -0.2) is 45.2 Å². The maximum atomic E-state index is 14.1. The second-order valence-corrected chi connectivity index (χ2v) is 10.6. The molecule has 1 saturated carbocycles. The molecule has 5 rings (SSSR count). The first-order chi connectivity index (χ1) is 18.9. The fourth-order valence-corrected chi connectivity index (χ4v) is 5.61. The molecule has 1 amide bonds. The Morgan fingerprint density at radius 1 is 0.949 bits per heavy atom. The maximum Gasteiger partial charge on any atom is 0.326 e. The number of hydrogen-bond donors (Lipinski definition) is 2. The molecule has 0 unspecified atom stereocenters. The molecule has 1 heterocycles. The predicted octanol–water partition coefficient (Wildman–Crippen LogP) is 5.32. The molecule has 0 spiro atoms. The van der Waals surface area contributed by atoms with Gasteiger partial charge in [0.15, 0.2) is 6.10 Å². The van der Waals surface area contributed by atoms with E-state index in [0.717, 1.165) is 11.1 Å². The molecule has 204 valence electrons. The highest BCUT2D eigenvalue weighted by atomic mass is 35.5. The average Bonchev–Trinajstić information content (AvgIpc) is 2.96. The number of carbonyl (C=O) groups is 2. The van der Waals surface area contributed by atoms with Crippen LogP contribution < -0.4 is 4.74 Å². The Morgan fingerprint density at radius 2 is 1.62 bits per heavy atom. The number of aliphatic carboxylic acids is 1. The Labute approximate surface area is 232 Å². The molecule has 1 aliphatic carbocycles. The van der Waals surface area contributed by atoms with Gasteiger partial charge in [-0.2, -0.15) is 0 Å². The van der Waals surface area contributed by atoms with Crippen molar-refractivity contribution in [3.05, 3.63) is 100 Å². The summed E-state index contributed by atoms with van der Waals surface area (Å²) >= 11 is 6.51. The van der Waals surface area contributed by atoms with Crippen LogP contribution in [0.2, 0.25) is 5.02 Å². The van der Waals surface area contributed by atoms with Crippen LogP contribution >= 0.6 is 11.6 Å². The van der Waals surface area contributed by atoms with Gasteiger partial charge >= 0.3 is 5.97 Å². The van der Waals surface area contributed by atoms with Gasteiger partial charge in [0.05, 0.1) is 17.2 Å². The summed E-state index contributed by atoms with van der Waals surface area (Å²) in [6, 6.07) is 21.3. The Balaban J connectivity index is 1.43. The number of aliphatic hydroxyl groups excluding tert-OH is 1. The van der Waals surface area contributed by atoms with Crippen LogP contribution in [-0.2, 0) is 33.9 Å². The second kappa shape index (κ2) is 12.2. The van der Waals surface area contributed by atoms with Gasteiger partial charge in [-0.15, -0.1) is 0 Å². The number of amides is 1. The molecule has 3 aromatic carbocycles. The highest BCUT2D eigenvalue weighted by Gasteiger charge is 2.40. The molecule has 39 heavy (non-hydrogen) atoms. The Morgan fingerprint density at radius 3 is 2.28 bits per heavy atom. The van der Waals surface area contributed by atoms with Crippen molar-refractivity contribution in [2.45, 2.75) is 69.6 Å². The Bertz CT molecular complexity index is 1290. The van der Waals surface area contributed by atoms with E-state index < -0.39 is 24.0 Å². The summed E-state index contributed by atoms with van der Waals surface area (Å²) in [7, 11) is 0. The molecule has 2 N–H and O–H groups in total. The van der Waals surface area contributed by atoms with E-state index in [1.54, 1.807) is 6.07 Å². The zero-order valence-electron chi connectivity index (χ0n) is 21.5. The van der Waals surface area contributed by atoms with E-state index in [2.05, 4.69) is 0 Å². The third-order valence-electron chi connectivity index (χ3n) is 7.52. The number of carbonyl (C=O) groups excluding carboxylic acids is 1. The van der Waals surface area contributed by atoms with Gasteiger partial charge in [0.1, 0.15) is 18.4 Å². The van der Waals surface area contributed by atoms with Crippen molar-refractivity contribution in [2.75, 3.05) is 0 Å². The van der Waals surface area contributed by atoms with Crippen molar-refractivity contribution in [1.29, 1.82) is 0 Å². The first kappa shape index (κ1) is 27.2. The standard InChI is InChI=1S/C31H32ClNO6/c32-26-16-11-22-18-33(27(31(36)37)17-25(22)29(26)38-19-20-7-3-1-4-8-20)30(35)28(21-9-5-2-6-10-21)39-24-14-12-23(34)13-15-24/h1-11,16,23-24,27-28,34H,12-15,17-19H2,(H,36,37)/t23?,24?,27-,28-/m0/s1. The number of ether oxygens (including phenoxy) is 2. The van der Waals surface area contributed by atoms with E-state index in [9.17, 15) is 19.8 Å². The second-order valence-electron chi connectivity index (χ2n) is 10.2. The maximum absolute atomic E-state index is 14.1. The molecular weight excluding hydrogens is 518 g/mol. The van der Waals surface area contributed by atoms with Gasteiger partial charge in [-0.1, -0.05) is 78.3 Å². The van der Waals surface area contributed by atoms with Crippen LogP contribution in [0.1, 0.15) is 54.0 Å². The number of halogens is 1. The monoisotopic (exact) mass is 549 g/mol. The van der Waals surface area contributed by atoms with E-state index in [1.807, 2.05) is 66.7 Å². The number of carboxylic acid groups (broad SMARTS) is 1. The molecule has 1 aliphatic heterocycles. The lowest BCUT2D eigenvalue weighted by molar-refractivity contribution is -0.161. The van der Waals surface area contributed by atoms with Crippen LogP contribution in [0.5, 0.6) is 5.75 Å². The fourth-order valence-electron chi connectivity index (χ4n) is 5.38.